The fourth-order valence-electron chi connectivity index (χ4n) is 2.76. The van der Waals surface area contributed by atoms with Crippen LogP contribution in [0.5, 0.6) is 0 Å². The molecule has 4 nitrogen and oxygen atoms in total. The first-order valence-electron chi connectivity index (χ1n) is 7.60. The van der Waals surface area contributed by atoms with Gasteiger partial charge in [-0.05, 0) is 52.8 Å². The van der Waals surface area contributed by atoms with E-state index in [1.807, 2.05) is 39.0 Å². The van der Waals surface area contributed by atoms with Crippen molar-refractivity contribution in [3.63, 3.8) is 0 Å². The predicted molar refractivity (Wildman–Crippen MR) is 90.7 cm³/mol. The number of amides is 1. The Labute approximate surface area is 138 Å². The molecule has 0 unspecified atom stereocenters. The van der Waals surface area contributed by atoms with Crippen molar-refractivity contribution in [2.24, 2.45) is 0 Å². The number of halogens is 1. The maximum atomic E-state index is 12.3. The second-order valence-corrected chi connectivity index (χ2v) is 7.78. The van der Waals surface area contributed by atoms with E-state index in [1.54, 1.807) is 4.90 Å². The number of nitrogens with zero attached hydrogens (tertiary/aromatic N) is 2. The van der Waals surface area contributed by atoms with Crippen molar-refractivity contribution in [3.8, 4) is 0 Å². The molecule has 5 heteroatoms. The molecule has 1 saturated heterocycles. The molecule has 1 aromatic rings. The summed E-state index contributed by atoms with van der Waals surface area (Å²) >= 11 is 6.10. The smallest absolute Gasteiger partial charge is 0.410 e. The lowest BCUT2D eigenvalue weighted by atomic mass is 9.98. The van der Waals surface area contributed by atoms with Crippen molar-refractivity contribution in [1.29, 1.82) is 0 Å². The topological polar surface area (TPSA) is 32.8 Å². The quantitative estimate of drug-likeness (QED) is 0.777. The van der Waals surface area contributed by atoms with Gasteiger partial charge in [-0.2, -0.15) is 0 Å². The first-order valence-corrected chi connectivity index (χ1v) is 7.97. The minimum absolute atomic E-state index is 0.181. The van der Waals surface area contributed by atoms with Gasteiger partial charge < -0.3 is 14.5 Å². The van der Waals surface area contributed by atoms with Crippen LogP contribution in [0.3, 0.4) is 0 Å². The van der Waals surface area contributed by atoms with Gasteiger partial charge in [0, 0.05) is 30.3 Å². The molecule has 2 rings (SSSR count). The van der Waals surface area contributed by atoms with Crippen LogP contribution in [0.15, 0.2) is 24.3 Å². The second-order valence-electron chi connectivity index (χ2n) is 7.35. The normalized spacial score (nSPS) is 18.3. The molecule has 1 aliphatic heterocycles. The van der Waals surface area contributed by atoms with E-state index in [4.69, 9.17) is 16.3 Å². The molecule has 1 fully saturated rings. The summed E-state index contributed by atoms with van der Waals surface area (Å²) in [5, 5.41) is 0.725. The molecule has 0 atom stereocenters. The molecule has 0 aromatic heterocycles. The molecule has 1 aliphatic rings. The van der Waals surface area contributed by atoms with E-state index in [0.29, 0.717) is 13.1 Å². The van der Waals surface area contributed by atoms with Crippen LogP contribution in [-0.2, 0) is 4.74 Å². The number of hydrogen-bond acceptors (Lipinski definition) is 3. The Balaban J connectivity index is 2.11. The van der Waals surface area contributed by atoms with E-state index >= 15 is 0 Å². The van der Waals surface area contributed by atoms with Gasteiger partial charge in [-0.25, -0.2) is 4.79 Å². The highest BCUT2D eigenvalue weighted by Crippen LogP contribution is 2.30. The number of piperazine rings is 1. The van der Waals surface area contributed by atoms with Gasteiger partial charge in [0.1, 0.15) is 5.60 Å². The van der Waals surface area contributed by atoms with Crippen LogP contribution in [-0.4, -0.2) is 41.8 Å². The summed E-state index contributed by atoms with van der Waals surface area (Å²) < 4.78 is 5.48. The van der Waals surface area contributed by atoms with Gasteiger partial charge in [0.15, 0.2) is 0 Å². The van der Waals surface area contributed by atoms with Crippen LogP contribution in [0.25, 0.3) is 0 Å². The van der Waals surface area contributed by atoms with Gasteiger partial charge in [-0.15, -0.1) is 0 Å². The average molecular weight is 325 g/mol. The highest BCUT2D eigenvalue weighted by atomic mass is 35.5. The van der Waals surface area contributed by atoms with Gasteiger partial charge in [0.25, 0.3) is 0 Å². The van der Waals surface area contributed by atoms with Gasteiger partial charge in [0.05, 0.1) is 5.54 Å². The van der Waals surface area contributed by atoms with Crippen molar-refractivity contribution in [2.75, 3.05) is 24.5 Å². The summed E-state index contributed by atoms with van der Waals surface area (Å²) in [6, 6.07) is 7.84. The average Bonchev–Trinajstić information content (AvgIpc) is 2.35. The molecule has 122 valence electrons. The molecule has 22 heavy (non-hydrogen) atoms. The Hall–Kier alpha value is -1.42. The molecular weight excluding hydrogens is 300 g/mol. The zero-order valence-electron chi connectivity index (χ0n) is 14.0. The summed E-state index contributed by atoms with van der Waals surface area (Å²) in [6.07, 6.45) is -0.244. The third kappa shape index (κ3) is 4.07. The van der Waals surface area contributed by atoms with E-state index in [0.717, 1.165) is 17.3 Å². The van der Waals surface area contributed by atoms with Gasteiger partial charge in [0.2, 0.25) is 0 Å². The Morgan fingerprint density at radius 3 is 2.50 bits per heavy atom. The van der Waals surface area contributed by atoms with Crippen molar-refractivity contribution in [1.82, 2.24) is 4.90 Å². The number of rotatable bonds is 1. The third-order valence-corrected chi connectivity index (χ3v) is 3.91. The number of ether oxygens (including phenoxy) is 1. The van der Waals surface area contributed by atoms with Crippen molar-refractivity contribution in [2.45, 2.75) is 45.8 Å². The Morgan fingerprint density at radius 2 is 1.95 bits per heavy atom. The van der Waals surface area contributed by atoms with Gasteiger partial charge in [-0.3, -0.25) is 0 Å². The van der Waals surface area contributed by atoms with Gasteiger partial charge in [-0.1, -0.05) is 17.7 Å². The molecule has 0 spiro atoms. The van der Waals surface area contributed by atoms with E-state index in [-0.39, 0.29) is 11.6 Å². The summed E-state index contributed by atoms with van der Waals surface area (Å²) in [5.41, 5.74) is 0.437. The zero-order valence-corrected chi connectivity index (χ0v) is 14.8. The van der Waals surface area contributed by atoms with Gasteiger partial charge >= 0.3 is 6.09 Å². The molecule has 0 radical (unpaired) electrons. The monoisotopic (exact) mass is 324 g/mol. The number of carbonyl (C=O) groups is 1. The van der Waals surface area contributed by atoms with Crippen LogP contribution >= 0.6 is 11.6 Å². The third-order valence-electron chi connectivity index (χ3n) is 3.67. The van der Waals surface area contributed by atoms with Crippen LogP contribution < -0.4 is 4.90 Å². The number of anilines is 1. The lowest BCUT2D eigenvalue weighted by Gasteiger charge is -2.48. The maximum absolute atomic E-state index is 12.3. The lowest BCUT2D eigenvalue weighted by Crippen LogP contribution is -2.61. The van der Waals surface area contributed by atoms with Crippen molar-refractivity contribution in [3.05, 3.63) is 29.3 Å². The number of benzene rings is 1. The minimum Gasteiger partial charge on any atom is -0.444 e. The molecule has 1 heterocycles. The van der Waals surface area contributed by atoms with E-state index in [9.17, 15) is 4.79 Å². The lowest BCUT2D eigenvalue weighted by molar-refractivity contribution is 0.0179. The summed E-state index contributed by atoms with van der Waals surface area (Å²) in [6.45, 7) is 11.9. The van der Waals surface area contributed by atoms with Crippen LogP contribution in [0.1, 0.15) is 34.6 Å². The van der Waals surface area contributed by atoms with Crippen molar-refractivity contribution >= 4 is 23.4 Å². The predicted octanol–water partition coefficient (Wildman–Crippen LogP) is 4.18. The SMILES string of the molecule is CC(C)(C)OC(=O)N1CCN(c2cccc(Cl)c2)C(C)(C)C1. The Bertz CT molecular complexity index is 552. The largest absolute Gasteiger partial charge is 0.444 e. The molecule has 0 N–H and O–H groups in total. The standard InChI is InChI=1S/C17H25ClN2O2/c1-16(2,3)22-15(21)19-9-10-20(17(4,5)12-19)14-8-6-7-13(18)11-14/h6-8,11H,9-10,12H2,1-5H3. The summed E-state index contributed by atoms with van der Waals surface area (Å²) in [5.74, 6) is 0. The fraction of sp³-hybridized carbons (Fsp3) is 0.588. The summed E-state index contributed by atoms with van der Waals surface area (Å²) in [7, 11) is 0. The molecular formula is C17H25ClN2O2. The van der Waals surface area contributed by atoms with Crippen LogP contribution in [0.4, 0.5) is 10.5 Å². The molecule has 0 saturated carbocycles. The van der Waals surface area contributed by atoms with Crippen molar-refractivity contribution < 1.29 is 9.53 Å². The van der Waals surface area contributed by atoms with E-state index in [2.05, 4.69) is 24.8 Å². The molecule has 0 aliphatic carbocycles. The first-order chi connectivity index (χ1) is 10.1. The minimum atomic E-state index is -0.467. The highest BCUT2D eigenvalue weighted by Gasteiger charge is 2.37. The molecule has 1 amide bonds. The highest BCUT2D eigenvalue weighted by molar-refractivity contribution is 6.30. The second kappa shape index (κ2) is 5.99. The summed E-state index contributed by atoms with van der Waals surface area (Å²) in [4.78, 5) is 16.3. The Kier molecular flexibility index (Phi) is 4.62. The van der Waals surface area contributed by atoms with Crippen LogP contribution in [0, 0.1) is 0 Å². The maximum Gasteiger partial charge on any atom is 0.410 e. The number of carbonyl (C=O) groups excluding carboxylic acids is 1. The Morgan fingerprint density at radius 1 is 1.27 bits per heavy atom. The first kappa shape index (κ1) is 16.9. The van der Waals surface area contributed by atoms with E-state index in [1.165, 1.54) is 0 Å². The van der Waals surface area contributed by atoms with E-state index < -0.39 is 5.60 Å². The number of hydrogen-bond donors (Lipinski definition) is 0. The fourth-order valence-corrected chi connectivity index (χ4v) is 2.94. The zero-order chi connectivity index (χ0) is 16.5. The molecule has 0 bridgehead atoms. The molecule has 1 aromatic carbocycles. The van der Waals surface area contributed by atoms with Crippen LogP contribution in [0.2, 0.25) is 5.02 Å².